The minimum absolute atomic E-state index is 0.0284. The molecule has 2 nitrogen and oxygen atoms in total. The van der Waals surface area contributed by atoms with Crippen LogP contribution < -0.4 is 4.90 Å². The van der Waals surface area contributed by atoms with Crippen LogP contribution in [0.4, 0.5) is 5.69 Å². The third kappa shape index (κ3) is 1.69. The van der Waals surface area contributed by atoms with Crippen molar-refractivity contribution in [2.75, 3.05) is 4.90 Å². The van der Waals surface area contributed by atoms with E-state index < -0.39 is 0 Å². The fourth-order valence-electron chi connectivity index (χ4n) is 2.57. The molecule has 0 saturated heterocycles. The first kappa shape index (κ1) is 12.4. The Bertz CT molecular complexity index is 708. The Morgan fingerprint density at radius 1 is 1.00 bits per heavy atom. The summed E-state index contributed by atoms with van der Waals surface area (Å²) in [4.78, 5) is 14.3. The van der Waals surface area contributed by atoms with Gasteiger partial charge in [0.05, 0.1) is 11.4 Å². The highest BCUT2D eigenvalue weighted by Crippen LogP contribution is 2.38. The quantitative estimate of drug-likeness (QED) is 0.787. The molecule has 2 aromatic carbocycles. The molecule has 0 unspecified atom stereocenters. The second-order valence-corrected chi connectivity index (χ2v) is 4.93. The van der Waals surface area contributed by atoms with E-state index in [1.807, 2.05) is 55.5 Å². The molecule has 2 aromatic rings. The molecule has 2 heteroatoms. The highest BCUT2D eigenvalue weighted by molar-refractivity contribution is 6.22. The van der Waals surface area contributed by atoms with Crippen molar-refractivity contribution in [1.29, 1.82) is 0 Å². The molecule has 0 bridgehead atoms. The fourth-order valence-corrected chi connectivity index (χ4v) is 2.57. The van der Waals surface area contributed by atoms with E-state index in [2.05, 4.69) is 13.2 Å². The van der Waals surface area contributed by atoms with Gasteiger partial charge in [-0.1, -0.05) is 49.6 Å². The SMILES string of the molecule is C=C(C)c1ccccc1N1C(=C)c2ccccc2C1=O. The lowest BCUT2D eigenvalue weighted by Gasteiger charge is -2.21. The van der Waals surface area contributed by atoms with Crippen LogP contribution in [0.2, 0.25) is 0 Å². The second kappa shape index (κ2) is 4.49. The third-order valence-corrected chi connectivity index (χ3v) is 3.55. The average molecular weight is 261 g/mol. The number of rotatable bonds is 2. The topological polar surface area (TPSA) is 20.3 Å². The maximum atomic E-state index is 12.6. The van der Waals surface area contributed by atoms with Gasteiger partial charge in [-0.25, -0.2) is 0 Å². The second-order valence-electron chi connectivity index (χ2n) is 4.93. The Hall–Kier alpha value is -2.61. The molecular weight excluding hydrogens is 246 g/mol. The van der Waals surface area contributed by atoms with E-state index in [-0.39, 0.29) is 5.91 Å². The van der Waals surface area contributed by atoms with E-state index in [0.717, 1.165) is 28.1 Å². The molecule has 1 amide bonds. The van der Waals surface area contributed by atoms with E-state index in [1.165, 1.54) is 0 Å². The van der Waals surface area contributed by atoms with Gasteiger partial charge in [-0.3, -0.25) is 9.69 Å². The third-order valence-electron chi connectivity index (χ3n) is 3.55. The van der Waals surface area contributed by atoms with E-state index in [4.69, 9.17) is 0 Å². The van der Waals surface area contributed by atoms with Crippen LogP contribution in [0.15, 0.2) is 61.7 Å². The first-order valence-corrected chi connectivity index (χ1v) is 6.49. The van der Waals surface area contributed by atoms with Crippen LogP contribution in [0.3, 0.4) is 0 Å². The number of allylic oxidation sites excluding steroid dienone is 1. The summed E-state index contributed by atoms with van der Waals surface area (Å²) in [7, 11) is 0. The van der Waals surface area contributed by atoms with Gasteiger partial charge in [-0.05, 0) is 24.6 Å². The summed E-state index contributed by atoms with van der Waals surface area (Å²) in [6, 6.07) is 15.3. The largest absolute Gasteiger partial charge is 0.276 e. The van der Waals surface area contributed by atoms with Gasteiger partial charge < -0.3 is 0 Å². The van der Waals surface area contributed by atoms with Crippen LogP contribution in [0, 0.1) is 0 Å². The van der Waals surface area contributed by atoms with Crippen molar-refractivity contribution >= 4 is 22.9 Å². The fraction of sp³-hybridized carbons (Fsp3) is 0.0556. The van der Waals surface area contributed by atoms with Crippen molar-refractivity contribution in [3.63, 3.8) is 0 Å². The predicted molar refractivity (Wildman–Crippen MR) is 83.4 cm³/mol. The number of para-hydroxylation sites is 1. The maximum Gasteiger partial charge on any atom is 0.263 e. The van der Waals surface area contributed by atoms with Crippen LogP contribution in [-0.4, -0.2) is 5.91 Å². The number of anilines is 1. The van der Waals surface area contributed by atoms with Gasteiger partial charge in [0.2, 0.25) is 0 Å². The number of nitrogens with zero attached hydrogens (tertiary/aromatic N) is 1. The first-order chi connectivity index (χ1) is 9.61. The molecule has 0 aromatic heterocycles. The summed E-state index contributed by atoms with van der Waals surface area (Å²) in [5.74, 6) is -0.0284. The van der Waals surface area contributed by atoms with Crippen LogP contribution in [0.1, 0.15) is 28.4 Å². The van der Waals surface area contributed by atoms with Crippen molar-refractivity contribution in [2.45, 2.75) is 6.92 Å². The Kier molecular flexibility index (Phi) is 2.79. The molecule has 1 heterocycles. The standard InChI is InChI=1S/C18H15NO/c1-12(2)14-8-6-7-11-17(14)19-13(3)15-9-4-5-10-16(15)18(19)20/h4-11H,1,3H2,2H3. The summed E-state index contributed by atoms with van der Waals surface area (Å²) >= 11 is 0. The van der Waals surface area contributed by atoms with Crippen LogP contribution in [-0.2, 0) is 0 Å². The van der Waals surface area contributed by atoms with Gasteiger partial charge in [0, 0.05) is 16.7 Å². The summed E-state index contributed by atoms with van der Waals surface area (Å²) < 4.78 is 0. The van der Waals surface area contributed by atoms with Crippen LogP contribution in [0.5, 0.6) is 0 Å². The van der Waals surface area contributed by atoms with Crippen molar-refractivity contribution in [1.82, 2.24) is 0 Å². The molecule has 0 spiro atoms. The summed E-state index contributed by atoms with van der Waals surface area (Å²) in [6.07, 6.45) is 0. The van der Waals surface area contributed by atoms with Gasteiger partial charge in [-0.2, -0.15) is 0 Å². The molecule has 0 radical (unpaired) electrons. The lowest BCUT2D eigenvalue weighted by molar-refractivity contribution is 0.101. The highest BCUT2D eigenvalue weighted by Gasteiger charge is 2.32. The highest BCUT2D eigenvalue weighted by atomic mass is 16.2. The zero-order chi connectivity index (χ0) is 14.3. The van der Waals surface area contributed by atoms with Gasteiger partial charge in [0.15, 0.2) is 0 Å². The zero-order valence-electron chi connectivity index (χ0n) is 11.4. The minimum atomic E-state index is -0.0284. The Morgan fingerprint density at radius 2 is 1.60 bits per heavy atom. The lowest BCUT2D eigenvalue weighted by atomic mass is 10.1. The minimum Gasteiger partial charge on any atom is -0.276 e. The summed E-state index contributed by atoms with van der Waals surface area (Å²) in [5.41, 5.74) is 5.06. The van der Waals surface area contributed by atoms with E-state index in [9.17, 15) is 4.79 Å². The number of hydrogen-bond donors (Lipinski definition) is 0. The summed E-state index contributed by atoms with van der Waals surface area (Å²) in [6.45, 7) is 10.0. The first-order valence-electron chi connectivity index (χ1n) is 6.49. The average Bonchev–Trinajstić information content (AvgIpc) is 2.71. The van der Waals surface area contributed by atoms with Crippen molar-refractivity contribution in [2.24, 2.45) is 0 Å². The van der Waals surface area contributed by atoms with Crippen molar-refractivity contribution < 1.29 is 4.79 Å². The molecule has 0 N–H and O–H groups in total. The molecule has 98 valence electrons. The van der Waals surface area contributed by atoms with Crippen LogP contribution in [0.25, 0.3) is 11.3 Å². The monoisotopic (exact) mass is 261 g/mol. The maximum absolute atomic E-state index is 12.6. The normalized spacial score (nSPS) is 13.6. The molecule has 0 aliphatic carbocycles. The number of benzene rings is 2. The van der Waals surface area contributed by atoms with Crippen molar-refractivity contribution in [3.8, 4) is 0 Å². The lowest BCUT2D eigenvalue weighted by Crippen LogP contribution is -2.22. The predicted octanol–water partition coefficient (Wildman–Crippen LogP) is 4.35. The van der Waals surface area contributed by atoms with Gasteiger partial charge >= 0.3 is 0 Å². The Morgan fingerprint density at radius 3 is 2.25 bits per heavy atom. The van der Waals surface area contributed by atoms with Crippen LogP contribution >= 0.6 is 0 Å². The van der Waals surface area contributed by atoms with Gasteiger partial charge in [0.25, 0.3) is 5.91 Å². The van der Waals surface area contributed by atoms with E-state index in [0.29, 0.717) is 5.56 Å². The van der Waals surface area contributed by atoms with Gasteiger partial charge in [-0.15, -0.1) is 0 Å². The molecule has 0 saturated carbocycles. The number of amides is 1. The Labute approximate surface area is 118 Å². The molecule has 20 heavy (non-hydrogen) atoms. The van der Waals surface area contributed by atoms with Crippen molar-refractivity contribution in [3.05, 3.63) is 78.4 Å². The zero-order valence-corrected chi connectivity index (χ0v) is 11.4. The molecule has 1 aliphatic rings. The number of hydrogen-bond acceptors (Lipinski definition) is 1. The molecule has 0 fully saturated rings. The van der Waals surface area contributed by atoms with E-state index in [1.54, 1.807) is 4.90 Å². The van der Waals surface area contributed by atoms with Gasteiger partial charge in [0.1, 0.15) is 0 Å². The molecule has 0 atom stereocenters. The molecular formula is C18H15NO. The van der Waals surface area contributed by atoms with E-state index >= 15 is 0 Å². The molecule has 1 aliphatic heterocycles. The Balaban J connectivity index is 2.17. The molecule has 3 rings (SSSR count). The smallest absolute Gasteiger partial charge is 0.263 e. The number of carbonyl (C=O) groups is 1. The number of carbonyl (C=O) groups excluding carboxylic acids is 1. The number of fused-ring (bicyclic) bond motifs is 1. The summed E-state index contributed by atoms with van der Waals surface area (Å²) in [5, 5.41) is 0.